The highest BCUT2D eigenvalue weighted by atomic mass is 35.5. The minimum atomic E-state index is -0.471. The van der Waals surface area contributed by atoms with Gasteiger partial charge in [-0.2, -0.15) is 0 Å². The van der Waals surface area contributed by atoms with Crippen molar-refractivity contribution in [3.05, 3.63) is 77.3 Å². The van der Waals surface area contributed by atoms with Crippen LogP contribution in [0.25, 0.3) is 0 Å². The average Bonchev–Trinajstić information content (AvgIpc) is 2.79. The van der Waals surface area contributed by atoms with E-state index in [4.69, 9.17) is 16.3 Å². The zero-order chi connectivity index (χ0) is 18.8. The van der Waals surface area contributed by atoms with E-state index >= 15 is 0 Å². The highest BCUT2D eigenvalue weighted by Gasteiger charge is 2.21. The molecule has 3 N–H and O–H groups in total. The molecular weight excluding hydrogens is 366 g/mol. The van der Waals surface area contributed by atoms with Crippen LogP contribution in [0.5, 0.6) is 11.5 Å². The van der Waals surface area contributed by atoms with Gasteiger partial charge in [-0.25, -0.2) is 4.79 Å². The predicted octanol–water partition coefficient (Wildman–Crippen LogP) is 5.34. The van der Waals surface area contributed by atoms with Gasteiger partial charge in [0.1, 0.15) is 5.75 Å². The molecule has 0 spiro atoms. The summed E-state index contributed by atoms with van der Waals surface area (Å²) in [6.45, 7) is 0. The summed E-state index contributed by atoms with van der Waals surface area (Å²) < 4.78 is 5.82. The number of para-hydroxylation sites is 3. The Labute approximate surface area is 160 Å². The Kier molecular flexibility index (Phi) is 4.40. The molecule has 3 aromatic carbocycles. The lowest BCUT2D eigenvalue weighted by atomic mass is 10.1. The summed E-state index contributed by atoms with van der Waals surface area (Å²) in [5, 5.41) is 8.58. The van der Waals surface area contributed by atoms with Crippen molar-refractivity contribution in [3.8, 4) is 11.5 Å². The fourth-order valence-corrected chi connectivity index (χ4v) is 2.87. The third-order valence-electron chi connectivity index (χ3n) is 3.96. The van der Waals surface area contributed by atoms with Crippen LogP contribution in [0, 0.1) is 0 Å². The number of hydrogen-bond acceptors (Lipinski definition) is 3. The summed E-state index contributed by atoms with van der Waals surface area (Å²) in [6, 6.07) is 18.5. The number of rotatable bonds is 2. The quantitative estimate of drug-likeness (QED) is 0.562. The maximum absolute atomic E-state index is 12.5. The standard InChI is InChI=1S/C20H14ClN3O3/c21-14-5-1-2-6-15(14)24-20(26)22-12-9-10-17-13(11-12)19(25)23-16-7-3-4-8-18(16)27-17/h1-11H,(H,23,25)(H2,22,24,26). The van der Waals surface area contributed by atoms with Gasteiger partial charge >= 0.3 is 6.03 Å². The van der Waals surface area contributed by atoms with Crippen molar-refractivity contribution in [2.75, 3.05) is 16.0 Å². The maximum Gasteiger partial charge on any atom is 0.323 e. The summed E-state index contributed by atoms with van der Waals surface area (Å²) >= 11 is 6.04. The minimum absolute atomic E-state index is 0.315. The van der Waals surface area contributed by atoms with E-state index in [-0.39, 0.29) is 5.91 Å². The Bertz CT molecular complexity index is 1050. The molecule has 0 aliphatic carbocycles. The van der Waals surface area contributed by atoms with E-state index < -0.39 is 6.03 Å². The summed E-state index contributed by atoms with van der Waals surface area (Å²) in [4.78, 5) is 24.7. The van der Waals surface area contributed by atoms with Gasteiger partial charge in [0.05, 0.1) is 22.0 Å². The smallest absolute Gasteiger partial charge is 0.323 e. The van der Waals surface area contributed by atoms with E-state index in [9.17, 15) is 9.59 Å². The number of halogens is 1. The second-order valence-corrected chi connectivity index (χ2v) is 6.23. The fourth-order valence-electron chi connectivity index (χ4n) is 2.69. The molecule has 0 bridgehead atoms. The van der Waals surface area contributed by atoms with Gasteiger partial charge in [0, 0.05) is 5.69 Å². The number of amides is 3. The Morgan fingerprint density at radius 3 is 2.56 bits per heavy atom. The lowest BCUT2D eigenvalue weighted by Crippen LogP contribution is -2.20. The van der Waals surface area contributed by atoms with E-state index in [0.29, 0.717) is 39.1 Å². The van der Waals surface area contributed by atoms with Crippen LogP contribution in [-0.4, -0.2) is 11.9 Å². The normalized spacial score (nSPS) is 12.0. The zero-order valence-corrected chi connectivity index (χ0v) is 14.7. The molecule has 1 aliphatic heterocycles. The highest BCUT2D eigenvalue weighted by Crippen LogP contribution is 2.36. The van der Waals surface area contributed by atoms with E-state index in [2.05, 4.69) is 16.0 Å². The fraction of sp³-hybridized carbons (Fsp3) is 0. The molecule has 0 atom stereocenters. The molecule has 1 aliphatic rings. The van der Waals surface area contributed by atoms with Crippen molar-refractivity contribution >= 4 is 40.6 Å². The molecule has 0 saturated carbocycles. The SMILES string of the molecule is O=C(Nc1ccc2c(c1)C(=O)Nc1ccccc1O2)Nc1ccccc1Cl. The lowest BCUT2D eigenvalue weighted by Gasteiger charge is -2.11. The Morgan fingerprint density at radius 1 is 0.926 bits per heavy atom. The average molecular weight is 380 g/mol. The van der Waals surface area contributed by atoms with E-state index in [1.807, 2.05) is 12.1 Å². The van der Waals surface area contributed by atoms with Crippen molar-refractivity contribution in [3.63, 3.8) is 0 Å². The summed E-state index contributed by atoms with van der Waals surface area (Å²) in [5.41, 5.74) is 1.84. The minimum Gasteiger partial charge on any atom is -0.454 e. The van der Waals surface area contributed by atoms with Gasteiger partial charge in [-0.1, -0.05) is 35.9 Å². The second-order valence-electron chi connectivity index (χ2n) is 5.82. The predicted molar refractivity (Wildman–Crippen MR) is 105 cm³/mol. The van der Waals surface area contributed by atoms with E-state index in [0.717, 1.165) is 0 Å². The third-order valence-corrected chi connectivity index (χ3v) is 4.29. The summed E-state index contributed by atoms with van der Waals surface area (Å²) in [7, 11) is 0. The van der Waals surface area contributed by atoms with Gasteiger partial charge in [0.15, 0.2) is 5.75 Å². The monoisotopic (exact) mass is 379 g/mol. The molecule has 0 radical (unpaired) electrons. The van der Waals surface area contributed by atoms with Crippen LogP contribution in [0.15, 0.2) is 66.7 Å². The highest BCUT2D eigenvalue weighted by molar-refractivity contribution is 6.33. The maximum atomic E-state index is 12.5. The first-order chi connectivity index (χ1) is 13.1. The molecule has 6 nitrogen and oxygen atoms in total. The van der Waals surface area contributed by atoms with Crippen molar-refractivity contribution in [1.82, 2.24) is 0 Å². The van der Waals surface area contributed by atoms with Gasteiger partial charge in [-0.05, 0) is 42.5 Å². The first-order valence-corrected chi connectivity index (χ1v) is 8.53. The van der Waals surface area contributed by atoms with Gasteiger partial charge in [-0.3, -0.25) is 4.79 Å². The van der Waals surface area contributed by atoms with Crippen LogP contribution in [-0.2, 0) is 0 Å². The number of urea groups is 1. The molecule has 0 saturated heterocycles. The molecule has 4 rings (SSSR count). The Morgan fingerprint density at radius 2 is 1.70 bits per heavy atom. The number of fused-ring (bicyclic) bond motifs is 2. The number of carbonyl (C=O) groups is 2. The Hall–Kier alpha value is -3.51. The first-order valence-electron chi connectivity index (χ1n) is 8.15. The van der Waals surface area contributed by atoms with Gasteiger partial charge < -0.3 is 20.7 Å². The number of carbonyl (C=O) groups excluding carboxylic acids is 2. The molecule has 134 valence electrons. The van der Waals surface area contributed by atoms with E-state index in [1.165, 1.54) is 0 Å². The van der Waals surface area contributed by atoms with E-state index in [1.54, 1.807) is 54.6 Å². The molecule has 0 unspecified atom stereocenters. The van der Waals surface area contributed by atoms with Crippen molar-refractivity contribution < 1.29 is 14.3 Å². The zero-order valence-electron chi connectivity index (χ0n) is 14.0. The second kappa shape index (κ2) is 7.01. The largest absolute Gasteiger partial charge is 0.454 e. The molecule has 27 heavy (non-hydrogen) atoms. The summed E-state index contributed by atoms with van der Waals surface area (Å²) in [6.07, 6.45) is 0. The summed E-state index contributed by atoms with van der Waals surface area (Å²) in [5.74, 6) is 0.654. The number of ether oxygens (including phenoxy) is 1. The molecule has 0 fully saturated rings. The number of benzene rings is 3. The number of anilines is 3. The third kappa shape index (κ3) is 3.56. The van der Waals surface area contributed by atoms with Crippen molar-refractivity contribution in [1.29, 1.82) is 0 Å². The number of hydrogen-bond donors (Lipinski definition) is 3. The van der Waals surface area contributed by atoms with Gasteiger partial charge in [0.2, 0.25) is 0 Å². The van der Waals surface area contributed by atoms with Gasteiger partial charge in [0.25, 0.3) is 5.91 Å². The molecule has 1 heterocycles. The van der Waals surface area contributed by atoms with Gasteiger partial charge in [-0.15, -0.1) is 0 Å². The molecule has 3 amide bonds. The van der Waals surface area contributed by atoms with Crippen LogP contribution in [0.1, 0.15) is 10.4 Å². The Balaban J connectivity index is 1.55. The molecular formula is C20H14ClN3O3. The van der Waals surface area contributed by atoms with Crippen molar-refractivity contribution in [2.45, 2.75) is 0 Å². The topological polar surface area (TPSA) is 79.5 Å². The van der Waals surface area contributed by atoms with Crippen LogP contribution in [0.4, 0.5) is 21.9 Å². The molecule has 3 aromatic rings. The lowest BCUT2D eigenvalue weighted by molar-refractivity contribution is 0.102. The van der Waals surface area contributed by atoms with Crippen LogP contribution < -0.4 is 20.7 Å². The number of nitrogens with one attached hydrogen (secondary N) is 3. The molecule has 0 aromatic heterocycles. The van der Waals surface area contributed by atoms with Crippen LogP contribution >= 0.6 is 11.6 Å². The first kappa shape index (κ1) is 16.9. The van der Waals surface area contributed by atoms with Crippen LogP contribution in [0.3, 0.4) is 0 Å². The molecule has 7 heteroatoms. The van der Waals surface area contributed by atoms with Crippen molar-refractivity contribution in [2.24, 2.45) is 0 Å². The van der Waals surface area contributed by atoms with Crippen LogP contribution in [0.2, 0.25) is 5.02 Å².